The summed E-state index contributed by atoms with van der Waals surface area (Å²) in [5, 5.41) is 5.06. The summed E-state index contributed by atoms with van der Waals surface area (Å²) in [6.07, 6.45) is 0. The zero-order valence-corrected chi connectivity index (χ0v) is 13.3. The van der Waals surface area contributed by atoms with Crippen LogP contribution in [0.25, 0.3) is 10.6 Å². The lowest BCUT2D eigenvalue weighted by atomic mass is 10.2. The minimum absolute atomic E-state index is 0.675. The molecule has 0 N–H and O–H groups in total. The number of benzene rings is 2. The molecule has 0 fully saturated rings. The van der Waals surface area contributed by atoms with E-state index >= 15 is 0 Å². The van der Waals surface area contributed by atoms with Gasteiger partial charge in [0, 0.05) is 17.5 Å². The zero-order valence-electron chi connectivity index (χ0n) is 12.5. The SMILES string of the molecule is CON(Cc1ccccc1)Cc1csc(-c2ccccc2)n1. The zero-order chi connectivity index (χ0) is 15.2. The van der Waals surface area contributed by atoms with Crippen LogP contribution in [0.1, 0.15) is 11.3 Å². The summed E-state index contributed by atoms with van der Waals surface area (Å²) < 4.78 is 0. The highest BCUT2D eigenvalue weighted by atomic mass is 32.1. The van der Waals surface area contributed by atoms with Crippen LogP contribution >= 0.6 is 11.3 Å². The van der Waals surface area contributed by atoms with Gasteiger partial charge >= 0.3 is 0 Å². The van der Waals surface area contributed by atoms with Crippen LogP contribution in [-0.2, 0) is 17.9 Å². The van der Waals surface area contributed by atoms with Gasteiger partial charge in [-0.1, -0.05) is 60.7 Å². The molecule has 112 valence electrons. The first-order valence-corrected chi connectivity index (χ1v) is 8.06. The predicted octanol–water partition coefficient (Wildman–Crippen LogP) is 4.37. The molecule has 0 aliphatic carbocycles. The molecule has 22 heavy (non-hydrogen) atoms. The number of hydrogen-bond donors (Lipinski definition) is 0. The molecule has 0 unspecified atom stereocenters. The molecule has 4 heteroatoms. The first-order chi connectivity index (χ1) is 10.8. The third-order valence-corrected chi connectivity index (χ3v) is 4.31. The van der Waals surface area contributed by atoms with E-state index in [1.807, 2.05) is 41.5 Å². The van der Waals surface area contributed by atoms with Crippen molar-refractivity contribution in [3.63, 3.8) is 0 Å². The Morgan fingerprint density at radius 2 is 1.64 bits per heavy atom. The number of thiazole rings is 1. The van der Waals surface area contributed by atoms with Gasteiger partial charge in [-0.3, -0.25) is 0 Å². The average molecular weight is 310 g/mol. The number of rotatable bonds is 6. The van der Waals surface area contributed by atoms with E-state index in [4.69, 9.17) is 9.82 Å². The van der Waals surface area contributed by atoms with Gasteiger partial charge in [0.25, 0.3) is 0 Å². The number of aromatic nitrogens is 1. The second-order valence-corrected chi connectivity index (χ2v) is 5.83. The quantitative estimate of drug-likeness (QED) is 0.632. The molecule has 3 nitrogen and oxygen atoms in total. The lowest BCUT2D eigenvalue weighted by Crippen LogP contribution is -2.21. The molecule has 1 aromatic heterocycles. The maximum atomic E-state index is 5.47. The van der Waals surface area contributed by atoms with Gasteiger partial charge in [0.15, 0.2) is 0 Å². The fourth-order valence-corrected chi connectivity index (χ4v) is 3.06. The van der Waals surface area contributed by atoms with Gasteiger partial charge in [0.1, 0.15) is 5.01 Å². The van der Waals surface area contributed by atoms with Crippen LogP contribution in [-0.4, -0.2) is 17.2 Å². The van der Waals surface area contributed by atoms with E-state index in [9.17, 15) is 0 Å². The lowest BCUT2D eigenvalue weighted by Gasteiger charge is -2.18. The topological polar surface area (TPSA) is 25.4 Å². The van der Waals surface area contributed by atoms with Crippen molar-refractivity contribution in [1.29, 1.82) is 0 Å². The van der Waals surface area contributed by atoms with Crippen molar-refractivity contribution in [3.8, 4) is 10.6 Å². The Labute approximate surface area is 134 Å². The van der Waals surface area contributed by atoms with Gasteiger partial charge in [-0.2, -0.15) is 5.06 Å². The smallest absolute Gasteiger partial charge is 0.123 e. The van der Waals surface area contributed by atoms with Crippen molar-refractivity contribution in [2.45, 2.75) is 13.1 Å². The van der Waals surface area contributed by atoms with Crippen LogP contribution < -0.4 is 0 Å². The monoisotopic (exact) mass is 310 g/mol. The Hall–Kier alpha value is -2.01. The predicted molar refractivity (Wildman–Crippen MR) is 90.2 cm³/mol. The van der Waals surface area contributed by atoms with Crippen LogP contribution in [0.5, 0.6) is 0 Å². The van der Waals surface area contributed by atoms with Crippen LogP contribution in [0, 0.1) is 0 Å². The molecule has 0 atom stereocenters. The molecule has 1 heterocycles. The Balaban J connectivity index is 1.68. The standard InChI is InChI=1S/C18H18N2OS/c1-21-20(12-15-8-4-2-5-9-15)13-17-14-22-18(19-17)16-10-6-3-7-11-16/h2-11,14H,12-13H2,1H3. The van der Waals surface area contributed by atoms with E-state index in [2.05, 4.69) is 29.6 Å². The van der Waals surface area contributed by atoms with Gasteiger partial charge in [0.05, 0.1) is 19.3 Å². The highest BCUT2D eigenvalue weighted by Gasteiger charge is 2.10. The average Bonchev–Trinajstić information content (AvgIpc) is 3.04. The first-order valence-electron chi connectivity index (χ1n) is 7.18. The van der Waals surface area contributed by atoms with Crippen molar-refractivity contribution >= 4 is 11.3 Å². The van der Waals surface area contributed by atoms with Gasteiger partial charge in [-0.15, -0.1) is 11.3 Å². The summed E-state index contributed by atoms with van der Waals surface area (Å²) in [5.41, 5.74) is 3.41. The van der Waals surface area contributed by atoms with Crippen molar-refractivity contribution in [1.82, 2.24) is 10.0 Å². The molecule has 2 aromatic carbocycles. The van der Waals surface area contributed by atoms with Gasteiger partial charge in [-0.05, 0) is 5.56 Å². The highest BCUT2D eigenvalue weighted by Crippen LogP contribution is 2.24. The number of hydroxylamine groups is 2. The van der Waals surface area contributed by atoms with Gasteiger partial charge in [-0.25, -0.2) is 4.98 Å². The minimum Gasteiger partial charge on any atom is -0.302 e. The summed E-state index contributed by atoms with van der Waals surface area (Å²) in [6.45, 7) is 1.42. The van der Waals surface area contributed by atoms with E-state index in [0.29, 0.717) is 6.54 Å². The lowest BCUT2D eigenvalue weighted by molar-refractivity contribution is -0.147. The van der Waals surface area contributed by atoms with Crippen molar-refractivity contribution in [2.24, 2.45) is 0 Å². The number of hydrogen-bond acceptors (Lipinski definition) is 4. The molecule has 0 saturated heterocycles. The first kappa shape index (κ1) is 14.9. The largest absolute Gasteiger partial charge is 0.302 e. The second-order valence-electron chi connectivity index (χ2n) is 4.98. The molecule has 0 radical (unpaired) electrons. The highest BCUT2D eigenvalue weighted by molar-refractivity contribution is 7.13. The molecular formula is C18H18N2OS. The molecule has 0 saturated carbocycles. The minimum atomic E-state index is 0.675. The molecule has 3 aromatic rings. The van der Waals surface area contributed by atoms with E-state index in [-0.39, 0.29) is 0 Å². The Kier molecular flexibility index (Phi) is 4.96. The summed E-state index contributed by atoms with van der Waals surface area (Å²) >= 11 is 1.67. The van der Waals surface area contributed by atoms with E-state index < -0.39 is 0 Å². The van der Waals surface area contributed by atoms with E-state index in [0.717, 1.165) is 22.8 Å². The summed E-state index contributed by atoms with van der Waals surface area (Å²) in [7, 11) is 1.70. The van der Waals surface area contributed by atoms with Crippen molar-refractivity contribution in [2.75, 3.05) is 7.11 Å². The van der Waals surface area contributed by atoms with Gasteiger partial charge < -0.3 is 4.84 Å². The summed E-state index contributed by atoms with van der Waals surface area (Å²) in [5.74, 6) is 0. The molecule has 3 rings (SSSR count). The second kappa shape index (κ2) is 7.31. The molecule has 0 amide bonds. The number of nitrogens with zero attached hydrogens (tertiary/aromatic N) is 2. The molecule has 0 aliphatic heterocycles. The van der Waals surface area contributed by atoms with E-state index in [1.54, 1.807) is 18.4 Å². The Morgan fingerprint density at radius 1 is 0.955 bits per heavy atom. The Bertz CT molecular complexity index is 697. The fourth-order valence-electron chi connectivity index (χ4n) is 2.25. The molecule has 0 spiro atoms. The van der Waals surface area contributed by atoms with Crippen LogP contribution in [0.3, 0.4) is 0 Å². The fraction of sp³-hybridized carbons (Fsp3) is 0.167. The summed E-state index contributed by atoms with van der Waals surface area (Å²) in [6, 6.07) is 20.6. The molecule has 0 aliphatic rings. The maximum Gasteiger partial charge on any atom is 0.123 e. The molecular weight excluding hydrogens is 292 g/mol. The third-order valence-electron chi connectivity index (χ3n) is 3.37. The summed E-state index contributed by atoms with van der Waals surface area (Å²) in [4.78, 5) is 10.2. The van der Waals surface area contributed by atoms with Crippen LogP contribution in [0.4, 0.5) is 0 Å². The maximum absolute atomic E-state index is 5.47. The van der Waals surface area contributed by atoms with Gasteiger partial charge in [0.2, 0.25) is 0 Å². The normalized spacial score (nSPS) is 11.0. The van der Waals surface area contributed by atoms with Crippen molar-refractivity contribution < 1.29 is 4.84 Å². The third kappa shape index (κ3) is 3.80. The van der Waals surface area contributed by atoms with Crippen molar-refractivity contribution in [3.05, 3.63) is 77.3 Å². The van der Waals surface area contributed by atoms with E-state index in [1.165, 1.54) is 5.56 Å². The molecule has 0 bridgehead atoms. The van der Waals surface area contributed by atoms with Crippen LogP contribution in [0.15, 0.2) is 66.0 Å². The van der Waals surface area contributed by atoms with Crippen LogP contribution in [0.2, 0.25) is 0 Å². The Morgan fingerprint density at radius 3 is 2.32 bits per heavy atom.